The van der Waals surface area contributed by atoms with Gasteiger partial charge in [-0.1, -0.05) is 12.1 Å². The molecule has 3 rings (SSSR count). The topological polar surface area (TPSA) is 49.6 Å². The molecule has 7 heteroatoms. The second-order valence-electron chi connectivity index (χ2n) is 6.43. The minimum absolute atomic E-state index is 0. The van der Waals surface area contributed by atoms with Crippen molar-refractivity contribution in [3.63, 3.8) is 0 Å². The Morgan fingerprint density at radius 3 is 2.50 bits per heavy atom. The fourth-order valence-corrected chi connectivity index (χ4v) is 3.56. The number of hydrogen-bond donors (Lipinski definition) is 1. The molecule has 2 saturated heterocycles. The summed E-state index contributed by atoms with van der Waals surface area (Å²) in [6.07, 6.45) is 2.99. The van der Waals surface area contributed by atoms with Crippen LogP contribution < -0.4 is 5.73 Å². The number of nitrogens with two attached hydrogens (primary N) is 1. The SMILES string of the molecule is Cl.Cl.NCC1CCN(C(=O)C2CCCN2Cc2ccc(F)cc2)C1. The van der Waals surface area contributed by atoms with Crippen LogP contribution in [0.15, 0.2) is 24.3 Å². The van der Waals surface area contributed by atoms with E-state index < -0.39 is 0 Å². The summed E-state index contributed by atoms with van der Waals surface area (Å²) in [6.45, 7) is 3.94. The van der Waals surface area contributed by atoms with E-state index in [1.54, 1.807) is 12.1 Å². The van der Waals surface area contributed by atoms with Crippen LogP contribution in [-0.4, -0.2) is 47.9 Å². The lowest BCUT2D eigenvalue weighted by atomic mass is 10.1. The molecule has 2 aliphatic heterocycles. The first-order chi connectivity index (χ1) is 10.7. The van der Waals surface area contributed by atoms with Gasteiger partial charge in [0.25, 0.3) is 0 Å². The van der Waals surface area contributed by atoms with Gasteiger partial charge >= 0.3 is 0 Å². The largest absolute Gasteiger partial charge is 0.341 e. The van der Waals surface area contributed by atoms with Gasteiger partial charge in [0.05, 0.1) is 6.04 Å². The summed E-state index contributed by atoms with van der Waals surface area (Å²) in [5.41, 5.74) is 6.77. The van der Waals surface area contributed by atoms with E-state index in [9.17, 15) is 9.18 Å². The summed E-state index contributed by atoms with van der Waals surface area (Å²) in [5.74, 6) is 0.481. The smallest absolute Gasteiger partial charge is 0.239 e. The van der Waals surface area contributed by atoms with Crippen LogP contribution in [-0.2, 0) is 11.3 Å². The van der Waals surface area contributed by atoms with E-state index in [1.165, 1.54) is 12.1 Å². The maximum absolute atomic E-state index is 13.0. The monoisotopic (exact) mass is 377 g/mol. The third kappa shape index (κ3) is 4.82. The lowest BCUT2D eigenvalue weighted by Crippen LogP contribution is -2.44. The van der Waals surface area contributed by atoms with Crippen LogP contribution in [0, 0.1) is 11.7 Å². The van der Waals surface area contributed by atoms with Gasteiger partial charge in [0, 0.05) is 19.6 Å². The molecule has 0 bridgehead atoms. The number of hydrogen-bond acceptors (Lipinski definition) is 3. The Bertz CT molecular complexity index is 529. The number of nitrogens with zero attached hydrogens (tertiary/aromatic N) is 2. The standard InChI is InChI=1S/C17H24FN3O.2ClH/c18-15-5-3-13(4-6-15)11-20-8-1-2-16(20)17(22)21-9-7-14(10-19)12-21;;/h3-6,14,16H,1-2,7-12,19H2;2*1H. The zero-order chi connectivity index (χ0) is 15.5. The van der Waals surface area contributed by atoms with Gasteiger partial charge in [-0.05, 0) is 56.0 Å². The molecular formula is C17H26Cl2FN3O. The summed E-state index contributed by atoms with van der Waals surface area (Å²) < 4.78 is 13.0. The van der Waals surface area contributed by atoms with E-state index in [1.807, 2.05) is 4.90 Å². The van der Waals surface area contributed by atoms with Gasteiger partial charge in [-0.3, -0.25) is 9.69 Å². The molecule has 1 aromatic carbocycles. The molecule has 2 N–H and O–H groups in total. The van der Waals surface area contributed by atoms with Gasteiger partial charge in [-0.2, -0.15) is 0 Å². The first-order valence-corrected chi connectivity index (χ1v) is 8.14. The van der Waals surface area contributed by atoms with Gasteiger partial charge in [-0.15, -0.1) is 24.8 Å². The predicted octanol–water partition coefficient (Wildman–Crippen LogP) is 2.44. The highest BCUT2D eigenvalue weighted by atomic mass is 35.5. The molecule has 0 saturated carbocycles. The molecule has 2 unspecified atom stereocenters. The van der Waals surface area contributed by atoms with Crippen molar-refractivity contribution in [3.05, 3.63) is 35.6 Å². The van der Waals surface area contributed by atoms with Gasteiger partial charge < -0.3 is 10.6 Å². The van der Waals surface area contributed by atoms with Gasteiger partial charge in [0.1, 0.15) is 5.82 Å². The predicted molar refractivity (Wildman–Crippen MR) is 98.1 cm³/mol. The van der Waals surface area contributed by atoms with E-state index >= 15 is 0 Å². The van der Waals surface area contributed by atoms with Crippen LogP contribution in [0.25, 0.3) is 0 Å². The number of halogens is 3. The van der Waals surface area contributed by atoms with Crippen molar-refractivity contribution in [1.29, 1.82) is 0 Å². The highest BCUT2D eigenvalue weighted by Gasteiger charge is 2.36. The average Bonchev–Trinajstić information content (AvgIpc) is 3.18. The first-order valence-electron chi connectivity index (χ1n) is 8.14. The molecule has 1 amide bonds. The van der Waals surface area contributed by atoms with Crippen LogP contribution in [0.3, 0.4) is 0 Å². The minimum atomic E-state index is -0.220. The number of amides is 1. The van der Waals surface area contributed by atoms with Crippen LogP contribution in [0.2, 0.25) is 0 Å². The van der Waals surface area contributed by atoms with Crippen molar-refractivity contribution in [2.75, 3.05) is 26.2 Å². The molecule has 136 valence electrons. The molecule has 4 nitrogen and oxygen atoms in total. The normalized spacial score (nSPS) is 23.7. The zero-order valence-corrected chi connectivity index (χ0v) is 15.3. The summed E-state index contributed by atoms with van der Waals surface area (Å²) in [6, 6.07) is 6.54. The second-order valence-corrected chi connectivity index (χ2v) is 6.43. The zero-order valence-electron chi connectivity index (χ0n) is 13.7. The number of likely N-dealkylation sites (tertiary alicyclic amines) is 2. The maximum Gasteiger partial charge on any atom is 0.239 e. The van der Waals surface area contributed by atoms with E-state index in [0.717, 1.165) is 44.5 Å². The fraction of sp³-hybridized carbons (Fsp3) is 0.588. The molecule has 2 fully saturated rings. The fourth-order valence-electron chi connectivity index (χ4n) is 3.56. The highest BCUT2D eigenvalue weighted by Crippen LogP contribution is 2.24. The van der Waals surface area contributed by atoms with Crippen LogP contribution >= 0.6 is 24.8 Å². The third-order valence-corrected chi connectivity index (χ3v) is 4.88. The lowest BCUT2D eigenvalue weighted by Gasteiger charge is -2.28. The number of carbonyl (C=O) groups excluding carboxylic acids is 1. The summed E-state index contributed by atoms with van der Waals surface area (Å²) >= 11 is 0. The summed E-state index contributed by atoms with van der Waals surface area (Å²) in [5, 5.41) is 0. The van der Waals surface area contributed by atoms with Crippen molar-refractivity contribution in [3.8, 4) is 0 Å². The Labute approximate surface area is 155 Å². The summed E-state index contributed by atoms with van der Waals surface area (Å²) in [4.78, 5) is 17.0. The molecule has 2 atom stereocenters. The van der Waals surface area contributed by atoms with Crippen molar-refractivity contribution < 1.29 is 9.18 Å². The Hall–Kier alpha value is -0.880. The molecule has 0 radical (unpaired) electrons. The van der Waals surface area contributed by atoms with Crippen molar-refractivity contribution in [2.45, 2.75) is 31.8 Å². The highest BCUT2D eigenvalue weighted by molar-refractivity contribution is 5.85. The second kappa shape index (κ2) is 9.56. The van der Waals surface area contributed by atoms with E-state index in [-0.39, 0.29) is 42.6 Å². The molecule has 0 aromatic heterocycles. The van der Waals surface area contributed by atoms with Gasteiger partial charge in [-0.25, -0.2) is 4.39 Å². The number of carbonyl (C=O) groups is 1. The molecule has 1 aromatic rings. The number of rotatable bonds is 4. The molecule has 0 spiro atoms. The van der Waals surface area contributed by atoms with Crippen LogP contribution in [0.5, 0.6) is 0 Å². The Morgan fingerprint density at radius 2 is 1.88 bits per heavy atom. The van der Waals surface area contributed by atoms with Gasteiger partial charge in [0.15, 0.2) is 0 Å². The van der Waals surface area contributed by atoms with Crippen LogP contribution in [0.1, 0.15) is 24.8 Å². The van der Waals surface area contributed by atoms with Crippen molar-refractivity contribution in [1.82, 2.24) is 9.80 Å². The molecule has 2 aliphatic rings. The molecule has 24 heavy (non-hydrogen) atoms. The third-order valence-electron chi connectivity index (χ3n) is 4.88. The molecular weight excluding hydrogens is 352 g/mol. The summed E-state index contributed by atoms with van der Waals surface area (Å²) in [7, 11) is 0. The van der Waals surface area contributed by atoms with E-state index in [0.29, 0.717) is 19.0 Å². The lowest BCUT2D eigenvalue weighted by molar-refractivity contribution is -0.135. The van der Waals surface area contributed by atoms with Gasteiger partial charge in [0.2, 0.25) is 5.91 Å². The molecule has 0 aliphatic carbocycles. The quantitative estimate of drug-likeness (QED) is 0.876. The average molecular weight is 378 g/mol. The Balaban J connectivity index is 0.00000144. The van der Waals surface area contributed by atoms with Crippen LogP contribution in [0.4, 0.5) is 4.39 Å². The Morgan fingerprint density at radius 1 is 1.17 bits per heavy atom. The number of benzene rings is 1. The van der Waals surface area contributed by atoms with E-state index in [4.69, 9.17) is 5.73 Å². The molecule has 2 heterocycles. The Kier molecular flexibility index (Phi) is 8.43. The van der Waals surface area contributed by atoms with E-state index in [2.05, 4.69) is 4.90 Å². The van der Waals surface area contributed by atoms with Crippen molar-refractivity contribution >= 4 is 30.7 Å². The minimum Gasteiger partial charge on any atom is -0.341 e. The first kappa shape index (κ1) is 21.2. The maximum atomic E-state index is 13.0. The van der Waals surface area contributed by atoms with Crippen molar-refractivity contribution in [2.24, 2.45) is 11.7 Å².